The first kappa shape index (κ1) is 11.9. The molecule has 0 N–H and O–H groups in total. The van der Waals surface area contributed by atoms with Crippen molar-refractivity contribution in [3.63, 3.8) is 0 Å². The van der Waals surface area contributed by atoms with Crippen LogP contribution in [0.1, 0.15) is 27.7 Å². The predicted molar refractivity (Wildman–Crippen MR) is 40.5 cm³/mol. The maximum atomic E-state index is 10.3. The molecule has 0 atom stereocenters. The summed E-state index contributed by atoms with van der Waals surface area (Å²) in [4.78, 5) is 21.6. The molecule has 0 aromatic rings. The van der Waals surface area contributed by atoms with Crippen molar-refractivity contribution in [2.75, 3.05) is 7.05 Å². The van der Waals surface area contributed by atoms with Crippen molar-refractivity contribution in [3.8, 4) is 0 Å². The van der Waals surface area contributed by atoms with Gasteiger partial charge in [-0.05, 0) is 0 Å². The van der Waals surface area contributed by atoms with Gasteiger partial charge in [0.05, 0.1) is 0 Å². The molecule has 0 fully saturated rings. The van der Waals surface area contributed by atoms with Gasteiger partial charge in [-0.2, -0.15) is 0 Å². The monoisotopic (exact) mass is 145 g/mol. The molecular weight excluding hydrogens is 130 g/mol. The van der Waals surface area contributed by atoms with Crippen LogP contribution in [0, 0.1) is 0 Å². The van der Waals surface area contributed by atoms with Crippen molar-refractivity contribution in [2.24, 2.45) is 0 Å². The fourth-order valence-corrected chi connectivity index (χ4v) is 0.222. The fourth-order valence-electron chi connectivity index (χ4n) is 0.222. The van der Waals surface area contributed by atoms with Gasteiger partial charge in [0.25, 0.3) is 0 Å². The lowest BCUT2D eigenvalue weighted by Gasteiger charge is -2.07. The summed E-state index contributed by atoms with van der Waals surface area (Å²) in [5, 5.41) is 0. The largest absolute Gasteiger partial charge is 0.286 e. The summed E-state index contributed by atoms with van der Waals surface area (Å²) in [6, 6.07) is 0. The third-order valence-electron chi connectivity index (χ3n) is 0.945. The second-order valence-electron chi connectivity index (χ2n) is 1.60. The minimum atomic E-state index is -0.225. The first-order chi connectivity index (χ1) is 4.55. The van der Waals surface area contributed by atoms with Gasteiger partial charge in [0, 0.05) is 20.9 Å². The first-order valence-corrected chi connectivity index (χ1v) is 3.30. The molecule has 0 spiro atoms. The summed E-state index contributed by atoms with van der Waals surface area (Å²) in [6.07, 6.45) is 0. The lowest BCUT2D eigenvalue weighted by atomic mass is 10.5. The molecule has 60 valence electrons. The van der Waals surface area contributed by atoms with Crippen LogP contribution in [0.25, 0.3) is 0 Å². The molecule has 0 bridgehead atoms. The Bertz CT molecular complexity index is 107. The van der Waals surface area contributed by atoms with Crippen molar-refractivity contribution in [2.45, 2.75) is 27.7 Å². The Kier molecular flexibility index (Phi) is 7.44. The molecular formula is C7H15NO2. The summed E-state index contributed by atoms with van der Waals surface area (Å²) >= 11 is 0. The van der Waals surface area contributed by atoms with Gasteiger partial charge in [-0.15, -0.1) is 0 Å². The molecule has 0 rings (SSSR count). The number of carbonyl (C=O) groups is 2. The zero-order valence-corrected chi connectivity index (χ0v) is 7.26. The summed E-state index contributed by atoms with van der Waals surface area (Å²) in [5.74, 6) is -0.449. The number of imide groups is 1. The van der Waals surface area contributed by atoms with Gasteiger partial charge in [-0.25, -0.2) is 0 Å². The Morgan fingerprint density at radius 3 is 1.20 bits per heavy atom. The van der Waals surface area contributed by atoms with Crippen molar-refractivity contribution >= 4 is 11.8 Å². The highest BCUT2D eigenvalue weighted by Crippen LogP contribution is 1.81. The smallest absolute Gasteiger partial charge is 0.225 e. The minimum Gasteiger partial charge on any atom is -0.286 e. The van der Waals surface area contributed by atoms with Crippen LogP contribution in [0.5, 0.6) is 0 Å². The standard InChI is InChI=1S/C5H9NO2.C2H6/c1-4(7)6(3)5(2)8;1-2/h1-3H3;1-2H3. The summed E-state index contributed by atoms with van der Waals surface area (Å²) in [6.45, 7) is 6.70. The van der Waals surface area contributed by atoms with E-state index in [9.17, 15) is 9.59 Å². The fraction of sp³-hybridized carbons (Fsp3) is 0.714. The molecule has 0 aromatic carbocycles. The van der Waals surface area contributed by atoms with Gasteiger partial charge < -0.3 is 0 Å². The van der Waals surface area contributed by atoms with E-state index in [4.69, 9.17) is 0 Å². The first-order valence-electron chi connectivity index (χ1n) is 3.30. The molecule has 0 unspecified atom stereocenters. The molecule has 0 saturated heterocycles. The van der Waals surface area contributed by atoms with Crippen LogP contribution in [-0.4, -0.2) is 23.8 Å². The van der Waals surface area contributed by atoms with Gasteiger partial charge in [-0.1, -0.05) is 13.8 Å². The van der Waals surface area contributed by atoms with Gasteiger partial charge in [0.15, 0.2) is 0 Å². The summed E-state index contributed by atoms with van der Waals surface area (Å²) in [7, 11) is 1.45. The van der Waals surface area contributed by atoms with Crippen LogP contribution < -0.4 is 0 Å². The van der Waals surface area contributed by atoms with E-state index in [0.717, 1.165) is 4.90 Å². The number of hydrogen-bond donors (Lipinski definition) is 0. The van der Waals surface area contributed by atoms with Crippen molar-refractivity contribution in [3.05, 3.63) is 0 Å². The van der Waals surface area contributed by atoms with E-state index < -0.39 is 0 Å². The van der Waals surface area contributed by atoms with E-state index in [1.165, 1.54) is 20.9 Å². The normalized spacial score (nSPS) is 7.30. The lowest BCUT2D eigenvalue weighted by molar-refractivity contribution is -0.140. The number of carbonyl (C=O) groups excluding carboxylic acids is 2. The van der Waals surface area contributed by atoms with E-state index in [1.54, 1.807) is 0 Å². The van der Waals surface area contributed by atoms with Crippen molar-refractivity contribution < 1.29 is 9.59 Å². The molecule has 2 amide bonds. The molecule has 0 heterocycles. The SMILES string of the molecule is CC.CC(=O)N(C)C(C)=O. The Labute approximate surface area is 62.0 Å². The maximum absolute atomic E-state index is 10.3. The molecule has 0 radical (unpaired) electrons. The Morgan fingerprint density at radius 2 is 1.20 bits per heavy atom. The second kappa shape index (κ2) is 6.26. The van der Waals surface area contributed by atoms with E-state index in [0.29, 0.717) is 0 Å². The predicted octanol–water partition coefficient (Wildman–Crippen LogP) is 1.04. The lowest BCUT2D eigenvalue weighted by Crippen LogP contribution is -2.28. The number of hydrogen-bond acceptors (Lipinski definition) is 2. The Morgan fingerprint density at radius 1 is 1.00 bits per heavy atom. The van der Waals surface area contributed by atoms with E-state index in [1.807, 2.05) is 13.8 Å². The molecule has 0 aliphatic rings. The topological polar surface area (TPSA) is 37.4 Å². The average Bonchev–Trinajstić information content (AvgIpc) is 1.90. The van der Waals surface area contributed by atoms with Crippen LogP contribution in [0.2, 0.25) is 0 Å². The number of rotatable bonds is 0. The Balaban J connectivity index is 0. The number of amides is 2. The quantitative estimate of drug-likeness (QED) is 0.510. The zero-order chi connectivity index (χ0) is 8.73. The van der Waals surface area contributed by atoms with Crippen LogP contribution in [-0.2, 0) is 9.59 Å². The highest BCUT2D eigenvalue weighted by Gasteiger charge is 2.04. The molecule has 3 nitrogen and oxygen atoms in total. The molecule has 0 aliphatic heterocycles. The summed E-state index contributed by atoms with van der Waals surface area (Å²) < 4.78 is 0. The van der Waals surface area contributed by atoms with Crippen LogP contribution in [0.4, 0.5) is 0 Å². The van der Waals surface area contributed by atoms with Gasteiger partial charge in [0.1, 0.15) is 0 Å². The van der Waals surface area contributed by atoms with Gasteiger partial charge in [0.2, 0.25) is 11.8 Å². The minimum absolute atomic E-state index is 0.225. The summed E-state index contributed by atoms with van der Waals surface area (Å²) in [5.41, 5.74) is 0. The van der Waals surface area contributed by atoms with Gasteiger partial charge >= 0.3 is 0 Å². The van der Waals surface area contributed by atoms with Crippen LogP contribution >= 0.6 is 0 Å². The zero-order valence-electron chi connectivity index (χ0n) is 7.26. The van der Waals surface area contributed by atoms with E-state index in [2.05, 4.69) is 0 Å². The van der Waals surface area contributed by atoms with Crippen molar-refractivity contribution in [1.29, 1.82) is 0 Å². The molecule has 0 aromatic heterocycles. The van der Waals surface area contributed by atoms with Crippen LogP contribution in [0.15, 0.2) is 0 Å². The third-order valence-corrected chi connectivity index (χ3v) is 0.945. The van der Waals surface area contributed by atoms with Crippen LogP contribution in [0.3, 0.4) is 0 Å². The van der Waals surface area contributed by atoms with Crippen molar-refractivity contribution in [1.82, 2.24) is 4.90 Å². The highest BCUT2D eigenvalue weighted by molar-refractivity contribution is 5.92. The third kappa shape index (κ3) is 5.28. The molecule has 10 heavy (non-hydrogen) atoms. The highest BCUT2D eigenvalue weighted by atomic mass is 16.2. The maximum Gasteiger partial charge on any atom is 0.225 e. The number of nitrogens with zero attached hydrogens (tertiary/aromatic N) is 1. The van der Waals surface area contributed by atoms with E-state index in [-0.39, 0.29) is 11.8 Å². The average molecular weight is 145 g/mol. The van der Waals surface area contributed by atoms with Gasteiger partial charge in [-0.3, -0.25) is 14.5 Å². The molecule has 3 heteroatoms. The molecule has 0 saturated carbocycles. The second-order valence-corrected chi connectivity index (χ2v) is 1.60. The molecule has 0 aliphatic carbocycles. The van der Waals surface area contributed by atoms with E-state index >= 15 is 0 Å². The Hall–Kier alpha value is -0.860.